The van der Waals surface area contributed by atoms with Crippen molar-refractivity contribution in [3.05, 3.63) is 41.5 Å². The van der Waals surface area contributed by atoms with E-state index >= 15 is 0 Å². The molecule has 0 unspecified atom stereocenters. The molecule has 2 rings (SSSR count). The van der Waals surface area contributed by atoms with Gasteiger partial charge in [-0.1, -0.05) is 18.2 Å². The summed E-state index contributed by atoms with van der Waals surface area (Å²) in [6.45, 7) is 0. The van der Waals surface area contributed by atoms with Crippen LogP contribution in [0.4, 0.5) is 0 Å². The Morgan fingerprint density at radius 3 is 2.44 bits per heavy atom. The molecule has 0 aliphatic carbocycles. The molecule has 3 amide bonds. The minimum absolute atomic E-state index is 0.166. The minimum Gasteiger partial charge on any atom is -0.366 e. The molecule has 1 aromatic carbocycles. The molecule has 5 heteroatoms. The van der Waals surface area contributed by atoms with Crippen LogP contribution in [0.3, 0.4) is 0 Å². The molecule has 1 aliphatic rings. The molecule has 0 spiro atoms. The molecular formula is C11H8N2O3. The van der Waals surface area contributed by atoms with Gasteiger partial charge in [0.15, 0.2) is 0 Å². The van der Waals surface area contributed by atoms with Gasteiger partial charge in [-0.2, -0.15) is 0 Å². The summed E-state index contributed by atoms with van der Waals surface area (Å²) in [4.78, 5) is 33.5. The Morgan fingerprint density at radius 1 is 1.19 bits per heavy atom. The van der Waals surface area contributed by atoms with E-state index in [-0.39, 0.29) is 11.1 Å². The molecule has 0 saturated heterocycles. The number of nitrogens with one attached hydrogen (secondary N) is 1. The van der Waals surface area contributed by atoms with E-state index in [2.05, 4.69) is 5.32 Å². The Balaban J connectivity index is 2.57. The van der Waals surface area contributed by atoms with Crippen LogP contribution < -0.4 is 11.1 Å². The topological polar surface area (TPSA) is 89.3 Å². The van der Waals surface area contributed by atoms with Crippen molar-refractivity contribution in [3.8, 4) is 0 Å². The second-order valence-corrected chi connectivity index (χ2v) is 3.29. The number of rotatable bonds is 2. The molecule has 80 valence electrons. The van der Waals surface area contributed by atoms with Crippen molar-refractivity contribution in [2.45, 2.75) is 0 Å². The first-order valence-corrected chi connectivity index (χ1v) is 4.56. The van der Waals surface area contributed by atoms with Crippen LogP contribution in [0.15, 0.2) is 30.3 Å². The van der Waals surface area contributed by atoms with Crippen LogP contribution in [0.1, 0.15) is 15.9 Å². The molecule has 0 radical (unpaired) electrons. The highest BCUT2D eigenvalue weighted by atomic mass is 16.2. The van der Waals surface area contributed by atoms with Crippen LogP contribution in [0, 0.1) is 0 Å². The van der Waals surface area contributed by atoms with Gasteiger partial charge >= 0.3 is 0 Å². The Kier molecular flexibility index (Phi) is 2.28. The van der Waals surface area contributed by atoms with E-state index in [4.69, 9.17) is 5.73 Å². The summed E-state index contributed by atoms with van der Waals surface area (Å²) in [6.07, 6.45) is 1.16. The fraction of sp³-hybridized carbons (Fsp3) is 0. The number of carbonyl (C=O) groups is 3. The summed E-state index contributed by atoms with van der Waals surface area (Å²) >= 11 is 0. The largest absolute Gasteiger partial charge is 0.366 e. The van der Waals surface area contributed by atoms with Gasteiger partial charge in [0, 0.05) is 17.2 Å². The van der Waals surface area contributed by atoms with Gasteiger partial charge in [-0.05, 0) is 6.07 Å². The standard InChI is InChI=1S/C11H8N2O3/c12-10(15)7-4-2-1-3-6(7)8-5-9(14)13-11(8)16/h1-5H,(H2,12,15)(H,13,14,16). The Hall–Kier alpha value is -2.43. The lowest BCUT2D eigenvalue weighted by atomic mass is 9.99. The maximum atomic E-state index is 11.4. The van der Waals surface area contributed by atoms with Gasteiger partial charge < -0.3 is 5.73 Å². The molecule has 1 aromatic rings. The molecule has 16 heavy (non-hydrogen) atoms. The average molecular weight is 216 g/mol. The number of benzene rings is 1. The highest BCUT2D eigenvalue weighted by Crippen LogP contribution is 2.21. The van der Waals surface area contributed by atoms with Gasteiger partial charge in [0.05, 0.1) is 5.57 Å². The van der Waals surface area contributed by atoms with Crippen LogP contribution in [0.2, 0.25) is 0 Å². The lowest BCUT2D eigenvalue weighted by Gasteiger charge is -2.05. The van der Waals surface area contributed by atoms with Crippen molar-refractivity contribution in [2.24, 2.45) is 5.73 Å². The van der Waals surface area contributed by atoms with E-state index in [1.807, 2.05) is 0 Å². The Labute approximate surface area is 90.9 Å². The van der Waals surface area contributed by atoms with Gasteiger partial charge in [0.2, 0.25) is 5.91 Å². The molecule has 3 N–H and O–H groups in total. The number of hydrogen-bond acceptors (Lipinski definition) is 3. The van der Waals surface area contributed by atoms with Gasteiger partial charge in [-0.15, -0.1) is 0 Å². The smallest absolute Gasteiger partial charge is 0.258 e. The number of amides is 3. The molecule has 0 fully saturated rings. The first kappa shape index (κ1) is 10.1. The highest BCUT2D eigenvalue weighted by Gasteiger charge is 2.24. The van der Waals surface area contributed by atoms with Gasteiger partial charge in [-0.3, -0.25) is 19.7 Å². The van der Waals surface area contributed by atoms with Crippen molar-refractivity contribution >= 4 is 23.3 Å². The number of imide groups is 1. The predicted molar refractivity (Wildman–Crippen MR) is 56.1 cm³/mol. The lowest BCUT2D eigenvalue weighted by molar-refractivity contribution is -0.123. The first-order chi connectivity index (χ1) is 7.59. The zero-order valence-electron chi connectivity index (χ0n) is 8.19. The Bertz CT molecular complexity index is 532. The van der Waals surface area contributed by atoms with Gasteiger partial charge in [0.1, 0.15) is 0 Å². The van der Waals surface area contributed by atoms with Gasteiger partial charge in [-0.25, -0.2) is 0 Å². The number of hydrogen-bond donors (Lipinski definition) is 2. The monoisotopic (exact) mass is 216 g/mol. The summed E-state index contributed by atoms with van der Waals surface area (Å²) < 4.78 is 0. The van der Waals surface area contributed by atoms with Crippen molar-refractivity contribution in [1.82, 2.24) is 5.32 Å². The second kappa shape index (κ2) is 3.62. The number of nitrogens with two attached hydrogens (primary N) is 1. The Morgan fingerprint density at radius 2 is 1.88 bits per heavy atom. The molecule has 5 nitrogen and oxygen atoms in total. The average Bonchev–Trinajstić information content (AvgIpc) is 2.57. The van der Waals surface area contributed by atoms with E-state index in [1.54, 1.807) is 18.2 Å². The van der Waals surface area contributed by atoms with Crippen molar-refractivity contribution < 1.29 is 14.4 Å². The third-order valence-corrected chi connectivity index (χ3v) is 2.24. The zero-order chi connectivity index (χ0) is 11.7. The third kappa shape index (κ3) is 1.58. The molecule has 1 aliphatic heterocycles. The number of primary amides is 1. The van der Waals surface area contributed by atoms with Crippen molar-refractivity contribution in [1.29, 1.82) is 0 Å². The molecular weight excluding hydrogens is 208 g/mol. The molecule has 0 bridgehead atoms. The van der Waals surface area contributed by atoms with E-state index < -0.39 is 17.7 Å². The molecule has 0 aromatic heterocycles. The fourth-order valence-corrected chi connectivity index (χ4v) is 1.54. The van der Waals surface area contributed by atoms with Crippen molar-refractivity contribution in [2.75, 3.05) is 0 Å². The van der Waals surface area contributed by atoms with Gasteiger partial charge in [0.25, 0.3) is 11.8 Å². The maximum absolute atomic E-state index is 11.4. The third-order valence-electron chi connectivity index (χ3n) is 2.24. The summed E-state index contributed by atoms with van der Waals surface area (Å²) in [6, 6.07) is 6.39. The molecule has 1 heterocycles. The van der Waals surface area contributed by atoms with Crippen LogP contribution in [-0.4, -0.2) is 17.7 Å². The van der Waals surface area contributed by atoms with Crippen LogP contribution in [-0.2, 0) is 9.59 Å². The second-order valence-electron chi connectivity index (χ2n) is 3.29. The van der Waals surface area contributed by atoms with E-state index in [9.17, 15) is 14.4 Å². The van der Waals surface area contributed by atoms with Crippen LogP contribution in [0.25, 0.3) is 5.57 Å². The quantitative estimate of drug-likeness (QED) is 0.672. The van der Waals surface area contributed by atoms with Crippen molar-refractivity contribution in [3.63, 3.8) is 0 Å². The van der Waals surface area contributed by atoms with E-state index in [1.165, 1.54) is 6.07 Å². The van der Waals surface area contributed by atoms with E-state index in [0.717, 1.165) is 6.08 Å². The maximum Gasteiger partial charge on any atom is 0.258 e. The minimum atomic E-state index is -0.636. The van der Waals surface area contributed by atoms with E-state index in [0.29, 0.717) is 5.56 Å². The fourth-order valence-electron chi connectivity index (χ4n) is 1.54. The summed E-state index contributed by atoms with van der Waals surface area (Å²) in [7, 11) is 0. The zero-order valence-corrected chi connectivity index (χ0v) is 8.19. The summed E-state index contributed by atoms with van der Waals surface area (Å²) in [5.74, 6) is -1.64. The predicted octanol–water partition coefficient (Wildman–Crippen LogP) is -0.175. The summed E-state index contributed by atoms with van der Waals surface area (Å²) in [5, 5.41) is 2.11. The highest BCUT2D eigenvalue weighted by molar-refractivity contribution is 6.34. The lowest BCUT2D eigenvalue weighted by Crippen LogP contribution is -2.22. The van der Waals surface area contributed by atoms with Crippen LogP contribution >= 0.6 is 0 Å². The molecule has 0 atom stereocenters. The first-order valence-electron chi connectivity index (χ1n) is 4.56. The normalized spacial score (nSPS) is 14.6. The summed E-state index contributed by atoms with van der Waals surface area (Å²) in [5.41, 5.74) is 5.94. The SMILES string of the molecule is NC(=O)c1ccccc1C1=CC(=O)NC1=O. The van der Waals surface area contributed by atoms with Crippen LogP contribution in [0.5, 0.6) is 0 Å². The molecule has 0 saturated carbocycles. The number of carbonyl (C=O) groups excluding carboxylic acids is 3.